The molecule has 0 saturated heterocycles. The summed E-state index contributed by atoms with van der Waals surface area (Å²) in [5.74, 6) is 0.529. The van der Waals surface area contributed by atoms with Gasteiger partial charge in [-0.3, -0.25) is 0 Å². The van der Waals surface area contributed by atoms with Crippen LogP contribution in [0.15, 0.2) is 215 Å². The molecule has 7 heteroatoms. The second kappa shape index (κ2) is 15.1. The van der Waals surface area contributed by atoms with Crippen molar-refractivity contribution in [1.82, 2.24) is 4.40 Å². The fourth-order valence-corrected chi connectivity index (χ4v) is 15.0. The second-order valence-electron chi connectivity index (χ2n) is 20.0. The van der Waals surface area contributed by atoms with E-state index in [9.17, 15) is 0 Å². The summed E-state index contributed by atoms with van der Waals surface area (Å²) in [4.78, 5) is 6.41. The van der Waals surface area contributed by atoms with Crippen LogP contribution in [0.25, 0.3) is 118 Å². The molecule has 1 aliphatic rings. The van der Waals surface area contributed by atoms with Crippen molar-refractivity contribution in [2.45, 2.75) is 13.3 Å². The standard InChI is InChI=1S/C67H41N3O2S2/c1-38-27-30-46-50-35-42(29-32-59(50)74-60(46)33-38)69(40-17-6-3-7-18-40)54-37-52-44-20-9-12-25-56(44)72-67(52)65-62(54)48-23-14-22-47-61-53(36-51-43-19-8-11-24-55(43)71-66(51)64(61)70(65)63(47)48)68(39-15-4-2-5-16-39)41-28-31-58-49(34-41)45-21-10-13-26-57(45)73-58/h2-32,34-38H,33H2,1H3. The van der Waals surface area contributed by atoms with Gasteiger partial charge in [0.05, 0.1) is 16.9 Å². The van der Waals surface area contributed by atoms with Crippen LogP contribution < -0.4 is 9.80 Å². The molecule has 0 aliphatic heterocycles. The number of benzene rings is 10. The van der Waals surface area contributed by atoms with Gasteiger partial charge in [0.15, 0.2) is 11.2 Å². The highest BCUT2D eigenvalue weighted by molar-refractivity contribution is 7.25. The van der Waals surface area contributed by atoms with Crippen molar-refractivity contribution in [3.05, 3.63) is 217 Å². The Morgan fingerprint density at radius 2 is 0.919 bits per heavy atom. The van der Waals surface area contributed by atoms with Crippen molar-refractivity contribution >= 4 is 175 Å². The normalized spacial score (nSPS) is 14.0. The molecule has 17 rings (SSSR count). The van der Waals surface area contributed by atoms with Crippen molar-refractivity contribution < 1.29 is 8.83 Å². The average Bonchev–Trinajstić information content (AvgIpc) is 4.33. The van der Waals surface area contributed by atoms with Crippen LogP contribution in [0.5, 0.6) is 0 Å². The molecule has 0 bridgehead atoms. The lowest BCUT2D eigenvalue weighted by molar-refractivity contribution is 0.670. The summed E-state index contributed by atoms with van der Waals surface area (Å²) < 4.78 is 20.8. The third-order valence-electron chi connectivity index (χ3n) is 15.8. The first kappa shape index (κ1) is 40.7. The van der Waals surface area contributed by atoms with E-state index in [4.69, 9.17) is 8.83 Å². The van der Waals surface area contributed by atoms with E-state index in [1.165, 1.54) is 40.7 Å². The maximum atomic E-state index is 7.21. The van der Waals surface area contributed by atoms with E-state index in [0.29, 0.717) is 5.92 Å². The largest absolute Gasteiger partial charge is 0.454 e. The number of furan rings is 2. The Morgan fingerprint density at radius 1 is 0.419 bits per heavy atom. The number of allylic oxidation sites excluding steroid dienone is 1. The molecule has 6 aromatic heterocycles. The molecule has 6 heterocycles. The van der Waals surface area contributed by atoms with Crippen molar-refractivity contribution in [3.63, 3.8) is 0 Å². The predicted molar refractivity (Wildman–Crippen MR) is 315 cm³/mol. The van der Waals surface area contributed by atoms with Crippen molar-refractivity contribution in [2.75, 3.05) is 9.80 Å². The molecule has 10 aromatic carbocycles. The lowest BCUT2D eigenvalue weighted by Gasteiger charge is -2.27. The Bertz CT molecular complexity index is 5030. The molecule has 348 valence electrons. The van der Waals surface area contributed by atoms with E-state index < -0.39 is 0 Å². The smallest absolute Gasteiger partial charge is 0.160 e. The summed E-state index contributed by atoms with van der Waals surface area (Å²) >= 11 is 3.78. The molecule has 0 fully saturated rings. The highest BCUT2D eigenvalue weighted by Gasteiger charge is 2.32. The Hall–Kier alpha value is -8.88. The summed E-state index contributed by atoms with van der Waals surface area (Å²) in [7, 11) is 0. The molecule has 16 aromatic rings. The summed E-state index contributed by atoms with van der Waals surface area (Å²) in [6.07, 6.45) is 5.79. The van der Waals surface area contributed by atoms with E-state index in [2.05, 4.69) is 233 Å². The molecule has 5 nitrogen and oxygen atoms in total. The predicted octanol–water partition coefficient (Wildman–Crippen LogP) is 20.4. The van der Waals surface area contributed by atoms with Gasteiger partial charge in [0.1, 0.15) is 22.2 Å². The van der Waals surface area contributed by atoms with Gasteiger partial charge < -0.3 is 23.0 Å². The average molecular weight is 984 g/mol. The molecule has 74 heavy (non-hydrogen) atoms. The molecule has 1 atom stereocenters. The first-order valence-electron chi connectivity index (χ1n) is 25.4. The molecular formula is C67H41N3O2S2. The Labute approximate surface area is 431 Å². The van der Waals surface area contributed by atoms with E-state index in [1.807, 2.05) is 22.7 Å². The van der Waals surface area contributed by atoms with Crippen LogP contribution in [0.2, 0.25) is 0 Å². The van der Waals surface area contributed by atoms with Crippen LogP contribution in [0.4, 0.5) is 34.1 Å². The minimum atomic E-state index is 0.529. The number of anilines is 6. The van der Waals surface area contributed by atoms with E-state index in [-0.39, 0.29) is 0 Å². The Morgan fingerprint density at radius 3 is 1.53 bits per heavy atom. The minimum Gasteiger partial charge on any atom is -0.454 e. The molecule has 0 radical (unpaired) electrons. The van der Waals surface area contributed by atoms with Crippen molar-refractivity contribution in [3.8, 4) is 0 Å². The van der Waals surface area contributed by atoms with E-state index in [0.717, 1.165) is 123 Å². The number of aromatic nitrogens is 1. The van der Waals surface area contributed by atoms with Crippen LogP contribution in [0.3, 0.4) is 0 Å². The third-order valence-corrected chi connectivity index (χ3v) is 18.1. The van der Waals surface area contributed by atoms with Gasteiger partial charge in [-0.25, -0.2) is 0 Å². The lowest BCUT2D eigenvalue weighted by atomic mass is 9.95. The number of para-hydroxylation sites is 5. The molecule has 0 amide bonds. The van der Waals surface area contributed by atoms with Gasteiger partial charge in [-0.1, -0.05) is 128 Å². The lowest BCUT2D eigenvalue weighted by Crippen LogP contribution is -2.11. The van der Waals surface area contributed by atoms with Crippen LogP contribution in [0, 0.1) is 5.92 Å². The maximum Gasteiger partial charge on any atom is 0.160 e. The van der Waals surface area contributed by atoms with Crippen LogP contribution in [-0.2, 0) is 6.42 Å². The van der Waals surface area contributed by atoms with Gasteiger partial charge in [-0.2, -0.15) is 0 Å². The molecule has 0 spiro atoms. The molecule has 1 unspecified atom stereocenters. The van der Waals surface area contributed by atoms with Crippen molar-refractivity contribution in [1.29, 1.82) is 0 Å². The summed E-state index contributed by atoms with van der Waals surface area (Å²) in [6.45, 7) is 2.31. The maximum absolute atomic E-state index is 7.21. The van der Waals surface area contributed by atoms with Gasteiger partial charge in [0.25, 0.3) is 0 Å². The number of hydrogen-bond donors (Lipinski definition) is 0. The van der Waals surface area contributed by atoms with Gasteiger partial charge in [0, 0.05) is 101 Å². The van der Waals surface area contributed by atoms with Gasteiger partial charge in [0.2, 0.25) is 0 Å². The van der Waals surface area contributed by atoms with Gasteiger partial charge in [-0.05, 0) is 109 Å². The van der Waals surface area contributed by atoms with E-state index >= 15 is 0 Å². The fraction of sp³-hybridized carbons (Fsp3) is 0.0448. The highest BCUT2D eigenvalue weighted by atomic mass is 32.1. The Kier molecular flexibility index (Phi) is 8.30. The Balaban J connectivity index is 1.05. The SMILES string of the molecule is CC1C=Cc2c(sc3ccc(N(c4ccccc4)c4cc5c6ccccc6oc5c5c4c4cccc6c7c(N(c8ccccc8)c8ccc9sc%10ccccc%10c9c8)cc8c9ccccc9oc8c7n5c46)cc23)C1. The zero-order valence-corrected chi connectivity index (χ0v) is 41.6. The number of nitrogens with zero attached hydrogens (tertiary/aromatic N) is 3. The number of fused-ring (bicyclic) bond motifs is 20. The number of hydrogen-bond acceptors (Lipinski definition) is 6. The van der Waals surface area contributed by atoms with Crippen LogP contribution in [0.1, 0.15) is 17.4 Å². The zero-order valence-electron chi connectivity index (χ0n) is 40.0. The topological polar surface area (TPSA) is 37.2 Å². The minimum absolute atomic E-state index is 0.529. The molecular weight excluding hydrogens is 943 g/mol. The molecule has 0 N–H and O–H groups in total. The summed E-state index contributed by atoms with van der Waals surface area (Å²) in [5.41, 5.74) is 14.4. The quantitative estimate of drug-likeness (QED) is 0.166. The van der Waals surface area contributed by atoms with Crippen molar-refractivity contribution in [2.24, 2.45) is 5.92 Å². The monoisotopic (exact) mass is 983 g/mol. The molecule has 1 aliphatic carbocycles. The number of rotatable bonds is 6. The summed E-state index contributed by atoms with van der Waals surface area (Å²) in [6, 6.07) is 73.2. The first-order valence-corrected chi connectivity index (χ1v) is 27.0. The molecule has 0 saturated carbocycles. The third kappa shape index (κ3) is 5.57. The zero-order chi connectivity index (χ0) is 48.3. The van der Waals surface area contributed by atoms with E-state index in [1.54, 1.807) is 0 Å². The van der Waals surface area contributed by atoms with Gasteiger partial charge in [-0.15, -0.1) is 22.7 Å². The van der Waals surface area contributed by atoms with Gasteiger partial charge >= 0.3 is 0 Å². The summed E-state index contributed by atoms with van der Waals surface area (Å²) in [5, 5.41) is 12.6. The highest BCUT2D eigenvalue weighted by Crippen LogP contribution is 2.55. The number of thiophene rings is 2. The second-order valence-corrected chi connectivity index (χ2v) is 22.2. The van der Waals surface area contributed by atoms with Crippen LogP contribution >= 0.6 is 22.7 Å². The fourth-order valence-electron chi connectivity index (χ4n) is 12.6. The first-order chi connectivity index (χ1) is 36.6. The van der Waals surface area contributed by atoms with Crippen LogP contribution in [-0.4, -0.2) is 4.40 Å².